The number of carbonyl (C=O) groups is 4. The molecule has 1 aliphatic heterocycles. The first-order valence-corrected chi connectivity index (χ1v) is 12.3. The maximum atomic E-state index is 12.2. The molecule has 0 aromatic rings. The van der Waals surface area contributed by atoms with E-state index in [0.717, 1.165) is 11.1 Å². The second kappa shape index (κ2) is 13.3. The number of rotatable bonds is 7. The monoisotopic (exact) mass is 518 g/mol. The van der Waals surface area contributed by atoms with E-state index >= 15 is 0 Å². The first-order chi connectivity index (χ1) is 17.3. The summed E-state index contributed by atoms with van der Waals surface area (Å²) in [6.45, 7) is 15.1. The first-order valence-electron chi connectivity index (χ1n) is 12.3. The molecule has 0 fully saturated rings. The van der Waals surface area contributed by atoms with Crippen LogP contribution in [-0.2, 0) is 42.9 Å². The van der Waals surface area contributed by atoms with Crippen LogP contribution in [-0.4, -0.2) is 48.5 Å². The molecule has 6 atom stereocenters. The van der Waals surface area contributed by atoms with Crippen molar-refractivity contribution in [2.75, 3.05) is 0 Å². The van der Waals surface area contributed by atoms with Crippen molar-refractivity contribution in [3.05, 3.63) is 47.3 Å². The van der Waals surface area contributed by atoms with Gasteiger partial charge in [-0.2, -0.15) is 0 Å². The summed E-state index contributed by atoms with van der Waals surface area (Å²) in [5.41, 5.74) is 3.08. The van der Waals surface area contributed by atoms with Crippen molar-refractivity contribution >= 4 is 23.9 Å². The van der Waals surface area contributed by atoms with Crippen molar-refractivity contribution in [3.63, 3.8) is 0 Å². The highest BCUT2D eigenvalue weighted by Crippen LogP contribution is 2.44. The average molecular weight is 519 g/mol. The normalized spacial score (nSPS) is 26.5. The molecule has 0 radical (unpaired) electrons. The van der Waals surface area contributed by atoms with Crippen molar-refractivity contribution in [1.29, 1.82) is 0 Å². The minimum atomic E-state index is -0.983. The van der Waals surface area contributed by atoms with Crippen molar-refractivity contribution < 1.29 is 42.9 Å². The lowest BCUT2D eigenvalue weighted by Crippen LogP contribution is -2.45. The predicted molar refractivity (Wildman–Crippen MR) is 135 cm³/mol. The second-order valence-corrected chi connectivity index (χ2v) is 9.77. The number of fused-ring (bicyclic) bond motifs is 1. The van der Waals surface area contributed by atoms with Crippen LogP contribution >= 0.6 is 0 Å². The van der Waals surface area contributed by atoms with Crippen LogP contribution < -0.4 is 0 Å². The highest BCUT2D eigenvalue weighted by molar-refractivity contribution is 5.68. The molecular formula is C28H38O9. The molecule has 0 amide bonds. The minimum absolute atomic E-state index is 0.284. The predicted octanol–water partition coefficient (Wildman–Crippen LogP) is 4.47. The fourth-order valence-electron chi connectivity index (χ4n) is 4.81. The lowest BCUT2D eigenvalue weighted by atomic mass is 9.74. The smallest absolute Gasteiger partial charge is 0.305 e. The van der Waals surface area contributed by atoms with Crippen LogP contribution in [0.15, 0.2) is 47.3 Å². The molecule has 0 saturated heterocycles. The molecule has 1 heterocycles. The number of carbonyl (C=O) groups excluding carboxylic acids is 4. The highest BCUT2D eigenvalue weighted by atomic mass is 16.7. The molecular weight excluding hydrogens is 480 g/mol. The Labute approximate surface area is 218 Å². The summed E-state index contributed by atoms with van der Waals surface area (Å²) in [6, 6.07) is 0. The number of esters is 4. The molecule has 0 saturated carbocycles. The number of allylic oxidation sites excluding steroid dienone is 2. The maximum absolute atomic E-state index is 12.2. The summed E-state index contributed by atoms with van der Waals surface area (Å²) in [5, 5.41) is 0. The Balaban J connectivity index is 2.63. The fourth-order valence-corrected chi connectivity index (χ4v) is 4.81. The summed E-state index contributed by atoms with van der Waals surface area (Å²) in [5.74, 6) is -2.93. The van der Waals surface area contributed by atoms with E-state index in [0.29, 0.717) is 24.0 Å². The van der Waals surface area contributed by atoms with Gasteiger partial charge in [-0.3, -0.25) is 19.2 Å². The standard InChI is InChI=1S/C28H38O9/c1-15(2)11-25(35-19(6)30)27(36-20(7)31)24-14-33-28(37-21(8)32)26-17(4)13-22(34-18(5)29)12-16(3)9-10-23(24)26/h11-12,14,22-23,25-28H,4,9-10,13H2,1-3,5-8H3/b16-12-. The lowest BCUT2D eigenvalue weighted by Gasteiger charge is -2.41. The topological polar surface area (TPSA) is 114 Å². The average Bonchev–Trinajstić information content (AvgIpc) is 2.79. The molecule has 0 N–H and O–H groups in total. The van der Waals surface area contributed by atoms with E-state index in [1.165, 1.54) is 34.0 Å². The van der Waals surface area contributed by atoms with Crippen LogP contribution in [0.25, 0.3) is 0 Å². The fraction of sp³-hybridized carbons (Fsp3) is 0.571. The molecule has 2 aliphatic rings. The van der Waals surface area contributed by atoms with E-state index in [9.17, 15) is 19.2 Å². The molecule has 0 aromatic heterocycles. The molecule has 204 valence electrons. The zero-order valence-electron chi connectivity index (χ0n) is 22.7. The van der Waals surface area contributed by atoms with Gasteiger partial charge in [0.05, 0.1) is 12.2 Å². The molecule has 9 heteroatoms. The molecule has 0 spiro atoms. The molecule has 2 rings (SSSR count). The molecule has 0 aromatic carbocycles. The highest BCUT2D eigenvalue weighted by Gasteiger charge is 2.46. The number of hydrogen-bond acceptors (Lipinski definition) is 9. The summed E-state index contributed by atoms with van der Waals surface area (Å²) in [7, 11) is 0. The van der Waals surface area contributed by atoms with Crippen molar-refractivity contribution in [2.24, 2.45) is 11.8 Å². The molecule has 37 heavy (non-hydrogen) atoms. The van der Waals surface area contributed by atoms with E-state index in [4.69, 9.17) is 23.7 Å². The van der Waals surface area contributed by atoms with Crippen LogP contribution in [0.5, 0.6) is 0 Å². The van der Waals surface area contributed by atoms with Gasteiger partial charge >= 0.3 is 23.9 Å². The van der Waals surface area contributed by atoms with Gasteiger partial charge in [0, 0.05) is 45.6 Å². The van der Waals surface area contributed by atoms with Gasteiger partial charge in [-0.25, -0.2) is 0 Å². The van der Waals surface area contributed by atoms with Gasteiger partial charge in [0.2, 0.25) is 6.29 Å². The molecule has 9 nitrogen and oxygen atoms in total. The van der Waals surface area contributed by atoms with Crippen LogP contribution in [0, 0.1) is 11.8 Å². The quantitative estimate of drug-likeness (QED) is 0.273. The van der Waals surface area contributed by atoms with E-state index in [1.54, 1.807) is 6.08 Å². The van der Waals surface area contributed by atoms with Crippen molar-refractivity contribution in [2.45, 2.75) is 92.3 Å². The number of ether oxygens (including phenoxy) is 5. The SMILES string of the molecule is C=C1CC(OC(C)=O)/C=C(/C)CCC2C(C(OC(C)=O)C(C=C(C)C)OC(C)=O)=COC(OC(C)=O)C12. The van der Waals surface area contributed by atoms with Crippen LogP contribution in [0.2, 0.25) is 0 Å². The summed E-state index contributed by atoms with van der Waals surface area (Å²) in [6.07, 6.45) is 3.09. The lowest BCUT2D eigenvalue weighted by molar-refractivity contribution is -0.182. The number of hydrogen-bond donors (Lipinski definition) is 0. The first kappa shape index (κ1) is 29.9. The van der Waals surface area contributed by atoms with Gasteiger partial charge < -0.3 is 23.7 Å². The maximum Gasteiger partial charge on any atom is 0.305 e. The van der Waals surface area contributed by atoms with Gasteiger partial charge in [-0.05, 0) is 45.8 Å². The van der Waals surface area contributed by atoms with Crippen LogP contribution in [0.1, 0.15) is 67.7 Å². The molecule has 1 aliphatic carbocycles. The zero-order chi connectivity index (χ0) is 27.9. The van der Waals surface area contributed by atoms with E-state index in [-0.39, 0.29) is 12.3 Å². The van der Waals surface area contributed by atoms with Crippen LogP contribution in [0.4, 0.5) is 0 Å². The summed E-state index contributed by atoms with van der Waals surface area (Å²) >= 11 is 0. The van der Waals surface area contributed by atoms with Crippen molar-refractivity contribution in [3.8, 4) is 0 Å². The Morgan fingerprint density at radius 2 is 1.59 bits per heavy atom. The largest absolute Gasteiger partial charge is 0.462 e. The van der Waals surface area contributed by atoms with E-state index in [1.807, 2.05) is 26.8 Å². The Morgan fingerprint density at radius 1 is 0.973 bits per heavy atom. The van der Waals surface area contributed by atoms with Gasteiger partial charge in [-0.15, -0.1) is 0 Å². The zero-order valence-corrected chi connectivity index (χ0v) is 22.7. The van der Waals surface area contributed by atoms with E-state index in [2.05, 4.69) is 6.58 Å². The Kier molecular flexibility index (Phi) is 10.7. The van der Waals surface area contributed by atoms with Crippen molar-refractivity contribution in [1.82, 2.24) is 0 Å². The Bertz CT molecular complexity index is 999. The third kappa shape index (κ3) is 8.91. The Hall–Kier alpha value is -3.36. The van der Waals surface area contributed by atoms with Gasteiger partial charge in [-0.1, -0.05) is 23.3 Å². The van der Waals surface area contributed by atoms with Gasteiger partial charge in [0.25, 0.3) is 0 Å². The molecule has 0 bridgehead atoms. The van der Waals surface area contributed by atoms with Gasteiger partial charge in [0.1, 0.15) is 6.10 Å². The second-order valence-electron chi connectivity index (χ2n) is 9.77. The third-order valence-electron chi connectivity index (χ3n) is 6.07. The van der Waals surface area contributed by atoms with Crippen LogP contribution in [0.3, 0.4) is 0 Å². The minimum Gasteiger partial charge on any atom is -0.462 e. The van der Waals surface area contributed by atoms with E-state index < -0.39 is 54.4 Å². The summed E-state index contributed by atoms with van der Waals surface area (Å²) in [4.78, 5) is 47.8. The van der Waals surface area contributed by atoms with Gasteiger partial charge in [0.15, 0.2) is 12.2 Å². The molecule has 6 unspecified atom stereocenters. The summed E-state index contributed by atoms with van der Waals surface area (Å²) < 4.78 is 28.2. The Morgan fingerprint density at radius 3 is 2.14 bits per heavy atom. The third-order valence-corrected chi connectivity index (χ3v) is 6.07.